The second-order valence-corrected chi connectivity index (χ2v) is 7.11. The molecular weight excluding hydrogens is 279 g/mol. The molecule has 1 aliphatic carbocycles. The van der Waals surface area contributed by atoms with E-state index in [0.29, 0.717) is 5.91 Å². The molecule has 0 aromatic heterocycles. The third-order valence-corrected chi connectivity index (χ3v) is 5.88. The zero-order valence-electron chi connectivity index (χ0n) is 12.9. The summed E-state index contributed by atoms with van der Waals surface area (Å²) in [6.45, 7) is 2.95. The van der Waals surface area contributed by atoms with Gasteiger partial charge in [-0.3, -0.25) is 4.79 Å². The molecule has 1 spiro atoms. The van der Waals surface area contributed by atoms with Crippen LogP contribution < -0.4 is 5.32 Å². The Bertz CT molecular complexity index is 565. The fraction of sp³-hybridized carbons (Fsp3) is 0.611. The lowest BCUT2D eigenvalue weighted by Crippen LogP contribution is -2.36. The van der Waals surface area contributed by atoms with Crippen LogP contribution >= 0.6 is 0 Å². The van der Waals surface area contributed by atoms with E-state index < -0.39 is 0 Å². The molecule has 3 aliphatic rings. The van der Waals surface area contributed by atoms with E-state index >= 15 is 0 Å². The summed E-state index contributed by atoms with van der Waals surface area (Å²) in [6, 6.07) is 6.81. The Morgan fingerprint density at radius 3 is 2.68 bits per heavy atom. The Labute approximate surface area is 130 Å². The summed E-state index contributed by atoms with van der Waals surface area (Å²) in [4.78, 5) is 15.0. The molecular formula is C18H23FN2O. The Morgan fingerprint density at radius 2 is 1.95 bits per heavy atom. The zero-order chi connectivity index (χ0) is 15.2. The van der Waals surface area contributed by atoms with Crippen molar-refractivity contribution in [1.82, 2.24) is 10.2 Å². The minimum atomic E-state index is -0.213. The van der Waals surface area contributed by atoms with Crippen molar-refractivity contribution in [2.75, 3.05) is 19.6 Å². The molecule has 1 aromatic carbocycles. The average Bonchev–Trinajstić information content (AvgIpc) is 3.00. The predicted octanol–water partition coefficient (Wildman–Crippen LogP) is 2.88. The Balaban J connectivity index is 1.49. The van der Waals surface area contributed by atoms with Crippen molar-refractivity contribution in [3.05, 3.63) is 35.6 Å². The fourth-order valence-corrected chi connectivity index (χ4v) is 4.44. The number of piperidine rings is 1. The van der Waals surface area contributed by atoms with Crippen LogP contribution in [0.3, 0.4) is 0 Å². The molecule has 22 heavy (non-hydrogen) atoms. The standard InChI is InChI=1S/C18H23FN2O/c19-14-5-3-13(4-6-14)16-2-1-11-21(16)17(22)15-12-18(15)7-9-20-10-8-18/h3-6,15-16,20H,1-2,7-12H2. The first kappa shape index (κ1) is 14.2. The number of likely N-dealkylation sites (tertiary alicyclic amines) is 1. The number of amides is 1. The molecule has 2 unspecified atom stereocenters. The molecule has 1 saturated carbocycles. The van der Waals surface area contributed by atoms with Gasteiger partial charge in [0.25, 0.3) is 0 Å². The molecule has 3 nitrogen and oxygen atoms in total. The number of rotatable bonds is 2. The highest BCUT2D eigenvalue weighted by Gasteiger charge is 2.59. The van der Waals surface area contributed by atoms with Crippen LogP contribution in [0, 0.1) is 17.2 Å². The second-order valence-electron chi connectivity index (χ2n) is 7.11. The fourth-order valence-electron chi connectivity index (χ4n) is 4.44. The van der Waals surface area contributed by atoms with Gasteiger partial charge in [0.2, 0.25) is 5.91 Å². The van der Waals surface area contributed by atoms with E-state index in [0.717, 1.165) is 57.3 Å². The molecule has 0 bridgehead atoms. The van der Waals surface area contributed by atoms with Crippen molar-refractivity contribution in [3.8, 4) is 0 Å². The summed E-state index contributed by atoms with van der Waals surface area (Å²) in [5, 5.41) is 3.39. The van der Waals surface area contributed by atoms with E-state index in [1.165, 1.54) is 12.1 Å². The minimum absolute atomic E-state index is 0.146. The number of nitrogens with zero attached hydrogens (tertiary/aromatic N) is 1. The Kier molecular flexibility index (Phi) is 3.44. The highest BCUT2D eigenvalue weighted by Crippen LogP contribution is 2.59. The molecule has 2 saturated heterocycles. The summed E-state index contributed by atoms with van der Waals surface area (Å²) in [6.07, 6.45) is 5.39. The molecule has 118 valence electrons. The molecule has 1 aromatic rings. The van der Waals surface area contributed by atoms with Gasteiger partial charge in [-0.05, 0) is 68.3 Å². The highest BCUT2D eigenvalue weighted by atomic mass is 19.1. The highest BCUT2D eigenvalue weighted by molar-refractivity contribution is 5.83. The third kappa shape index (κ3) is 2.34. The van der Waals surface area contributed by atoms with E-state index in [-0.39, 0.29) is 23.2 Å². The van der Waals surface area contributed by atoms with Crippen molar-refractivity contribution in [2.24, 2.45) is 11.3 Å². The van der Waals surface area contributed by atoms with Crippen LogP contribution in [0.25, 0.3) is 0 Å². The van der Waals surface area contributed by atoms with Crippen LogP contribution in [0.15, 0.2) is 24.3 Å². The first-order valence-electron chi connectivity index (χ1n) is 8.46. The van der Waals surface area contributed by atoms with Gasteiger partial charge in [0.15, 0.2) is 0 Å². The van der Waals surface area contributed by atoms with E-state index in [1.807, 2.05) is 12.1 Å². The van der Waals surface area contributed by atoms with E-state index in [1.54, 1.807) is 0 Å². The maximum absolute atomic E-state index is 13.1. The van der Waals surface area contributed by atoms with Gasteiger partial charge in [0.1, 0.15) is 5.82 Å². The molecule has 4 rings (SSSR count). The summed E-state index contributed by atoms with van der Waals surface area (Å²) >= 11 is 0. The number of benzene rings is 1. The average molecular weight is 302 g/mol. The molecule has 1 amide bonds. The van der Waals surface area contributed by atoms with Gasteiger partial charge < -0.3 is 10.2 Å². The molecule has 2 atom stereocenters. The van der Waals surface area contributed by atoms with Gasteiger partial charge in [-0.25, -0.2) is 4.39 Å². The number of nitrogens with one attached hydrogen (secondary N) is 1. The minimum Gasteiger partial charge on any atom is -0.335 e. The van der Waals surface area contributed by atoms with Crippen LogP contribution in [0.4, 0.5) is 4.39 Å². The van der Waals surface area contributed by atoms with Gasteiger partial charge in [-0.15, -0.1) is 0 Å². The number of carbonyl (C=O) groups is 1. The number of carbonyl (C=O) groups excluding carboxylic acids is 1. The van der Waals surface area contributed by atoms with Crippen LogP contribution in [-0.4, -0.2) is 30.4 Å². The van der Waals surface area contributed by atoms with Crippen LogP contribution in [0.5, 0.6) is 0 Å². The van der Waals surface area contributed by atoms with Crippen molar-refractivity contribution in [2.45, 2.75) is 38.1 Å². The van der Waals surface area contributed by atoms with Gasteiger partial charge in [-0.2, -0.15) is 0 Å². The maximum Gasteiger partial charge on any atom is 0.226 e. The summed E-state index contributed by atoms with van der Waals surface area (Å²) in [7, 11) is 0. The van der Waals surface area contributed by atoms with Crippen molar-refractivity contribution in [1.29, 1.82) is 0 Å². The van der Waals surface area contributed by atoms with Gasteiger partial charge in [-0.1, -0.05) is 12.1 Å². The molecule has 2 aliphatic heterocycles. The van der Waals surface area contributed by atoms with Crippen LogP contribution in [-0.2, 0) is 4.79 Å². The molecule has 1 N–H and O–H groups in total. The zero-order valence-corrected chi connectivity index (χ0v) is 12.9. The van der Waals surface area contributed by atoms with Crippen LogP contribution in [0.2, 0.25) is 0 Å². The third-order valence-electron chi connectivity index (χ3n) is 5.88. The molecule has 4 heteroatoms. The van der Waals surface area contributed by atoms with Crippen molar-refractivity contribution in [3.63, 3.8) is 0 Å². The van der Waals surface area contributed by atoms with Gasteiger partial charge >= 0.3 is 0 Å². The Hall–Kier alpha value is -1.42. The first-order valence-corrected chi connectivity index (χ1v) is 8.46. The predicted molar refractivity (Wildman–Crippen MR) is 82.7 cm³/mol. The van der Waals surface area contributed by atoms with E-state index in [4.69, 9.17) is 0 Å². The molecule has 3 fully saturated rings. The lowest BCUT2D eigenvalue weighted by Gasteiger charge is -2.28. The van der Waals surface area contributed by atoms with Gasteiger partial charge in [0.05, 0.1) is 6.04 Å². The lowest BCUT2D eigenvalue weighted by molar-refractivity contribution is -0.134. The van der Waals surface area contributed by atoms with E-state index in [9.17, 15) is 9.18 Å². The molecule has 2 heterocycles. The first-order chi connectivity index (χ1) is 10.7. The monoisotopic (exact) mass is 302 g/mol. The SMILES string of the molecule is O=C(C1CC12CCNCC2)N1CCCC1c1ccc(F)cc1. The van der Waals surface area contributed by atoms with Gasteiger partial charge in [0, 0.05) is 12.5 Å². The lowest BCUT2D eigenvalue weighted by atomic mass is 9.91. The maximum atomic E-state index is 13.1. The van der Waals surface area contributed by atoms with Crippen molar-refractivity contribution >= 4 is 5.91 Å². The van der Waals surface area contributed by atoms with E-state index in [2.05, 4.69) is 10.2 Å². The largest absolute Gasteiger partial charge is 0.335 e. The van der Waals surface area contributed by atoms with Crippen molar-refractivity contribution < 1.29 is 9.18 Å². The Morgan fingerprint density at radius 1 is 1.23 bits per heavy atom. The summed E-state index contributed by atoms with van der Waals surface area (Å²) in [5.74, 6) is 0.361. The number of hydrogen-bond donors (Lipinski definition) is 1. The normalized spacial score (nSPS) is 29.8. The topological polar surface area (TPSA) is 32.3 Å². The molecule has 0 radical (unpaired) electrons. The summed E-state index contributed by atoms with van der Waals surface area (Å²) in [5.41, 5.74) is 1.37. The number of hydrogen-bond acceptors (Lipinski definition) is 2. The second kappa shape index (κ2) is 5.34. The smallest absolute Gasteiger partial charge is 0.226 e. The van der Waals surface area contributed by atoms with Crippen LogP contribution in [0.1, 0.15) is 43.7 Å². The quantitative estimate of drug-likeness (QED) is 0.911. The number of halogens is 1. The summed E-state index contributed by atoms with van der Waals surface area (Å²) < 4.78 is 13.1.